The lowest BCUT2D eigenvalue weighted by Gasteiger charge is -2.21. The van der Waals surface area contributed by atoms with Crippen LogP contribution in [0.2, 0.25) is 0 Å². The highest BCUT2D eigenvalue weighted by molar-refractivity contribution is 7.98. The first-order valence-electron chi connectivity index (χ1n) is 15.3. The summed E-state index contributed by atoms with van der Waals surface area (Å²) in [4.78, 5) is 13.7. The van der Waals surface area contributed by atoms with Crippen molar-refractivity contribution >= 4 is 25.5 Å². The average molecular weight is 654 g/mol. The SMILES string of the molecule is CC(C)=CC1C(C(=O)OCc2cccc(Oc3ccccc3)c2)C1(C)C.CCOP(=O)(NC(C)C)Oc1ccc(SC)c(C)c1. The van der Waals surface area contributed by atoms with E-state index in [1.165, 1.54) is 10.5 Å². The van der Waals surface area contributed by atoms with Crippen LogP contribution < -0.4 is 14.3 Å². The fourth-order valence-electron chi connectivity index (χ4n) is 4.99. The molecule has 9 heteroatoms. The van der Waals surface area contributed by atoms with Gasteiger partial charge in [0.1, 0.15) is 23.9 Å². The van der Waals surface area contributed by atoms with Gasteiger partial charge in [-0.15, -0.1) is 11.8 Å². The molecule has 0 heterocycles. The van der Waals surface area contributed by atoms with Gasteiger partial charge >= 0.3 is 13.7 Å². The van der Waals surface area contributed by atoms with Gasteiger partial charge in [-0.1, -0.05) is 55.8 Å². The first-order valence-corrected chi connectivity index (χ1v) is 18.0. The van der Waals surface area contributed by atoms with Gasteiger partial charge in [0.25, 0.3) is 0 Å². The standard InChI is InChI=1S/C23H26O3.C13H22NO3PS/c1-16(2)13-20-21(23(20,3)4)22(24)25-15-17-9-8-12-19(14-17)26-18-10-6-5-7-11-18;1-6-16-18(15,14-10(2)3)17-12-7-8-13(19-5)11(4)9-12/h5-14,20-21H,15H2,1-4H3;7-10H,6H2,1-5H3,(H,14,15). The Bertz CT molecular complexity index is 1490. The lowest BCUT2D eigenvalue weighted by atomic mass is 10.1. The molecule has 0 aliphatic heterocycles. The lowest BCUT2D eigenvalue weighted by molar-refractivity contribution is -0.147. The zero-order valence-electron chi connectivity index (χ0n) is 28.0. The number of ether oxygens (including phenoxy) is 2. The van der Waals surface area contributed by atoms with Crippen molar-refractivity contribution in [1.29, 1.82) is 0 Å². The molecule has 3 aromatic carbocycles. The summed E-state index contributed by atoms with van der Waals surface area (Å²) in [5, 5.41) is 2.86. The van der Waals surface area contributed by atoms with Crippen molar-refractivity contribution in [3.8, 4) is 17.2 Å². The third-order valence-corrected chi connectivity index (χ3v) is 10.0. The van der Waals surface area contributed by atoms with E-state index >= 15 is 0 Å². The second-order valence-electron chi connectivity index (χ2n) is 12.2. The fourth-order valence-corrected chi connectivity index (χ4v) is 7.12. The van der Waals surface area contributed by atoms with Gasteiger partial charge < -0.3 is 14.0 Å². The molecule has 244 valence electrons. The Balaban J connectivity index is 0.000000259. The number of thioether (sulfide) groups is 1. The summed E-state index contributed by atoms with van der Waals surface area (Å²) < 4.78 is 34.7. The summed E-state index contributed by atoms with van der Waals surface area (Å²) in [6.07, 6.45) is 4.20. The molecular formula is C36H48NO6PS. The minimum atomic E-state index is -3.30. The van der Waals surface area contributed by atoms with Crippen LogP contribution in [0.25, 0.3) is 0 Å². The van der Waals surface area contributed by atoms with Crippen LogP contribution >= 0.6 is 19.5 Å². The summed E-state index contributed by atoms with van der Waals surface area (Å²) in [5.41, 5.74) is 3.23. The van der Waals surface area contributed by atoms with Gasteiger partial charge in [-0.2, -0.15) is 0 Å². The summed E-state index contributed by atoms with van der Waals surface area (Å²) in [6, 6.07) is 22.9. The molecule has 1 N–H and O–H groups in total. The predicted octanol–water partition coefficient (Wildman–Crippen LogP) is 10.00. The van der Waals surface area contributed by atoms with E-state index in [9.17, 15) is 9.36 Å². The van der Waals surface area contributed by atoms with Crippen molar-refractivity contribution in [2.75, 3.05) is 12.9 Å². The number of benzene rings is 3. The smallest absolute Gasteiger partial charge is 0.458 e. The van der Waals surface area contributed by atoms with E-state index < -0.39 is 7.75 Å². The maximum atomic E-state index is 12.5. The number of hydrogen-bond acceptors (Lipinski definition) is 7. The van der Waals surface area contributed by atoms with Crippen LogP contribution in [0.4, 0.5) is 0 Å². The number of esters is 1. The molecule has 0 spiro atoms. The Kier molecular flexibility index (Phi) is 13.4. The Morgan fingerprint density at radius 3 is 2.29 bits per heavy atom. The Morgan fingerprint density at radius 1 is 1.00 bits per heavy atom. The zero-order valence-corrected chi connectivity index (χ0v) is 29.7. The van der Waals surface area contributed by atoms with Crippen LogP contribution in [-0.4, -0.2) is 24.9 Å². The van der Waals surface area contributed by atoms with Crippen LogP contribution in [0.15, 0.2) is 89.3 Å². The molecule has 7 nitrogen and oxygen atoms in total. The van der Waals surface area contributed by atoms with E-state index in [0.717, 1.165) is 22.6 Å². The molecule has 0 amide bonds. The molecule has 3 atom stereocenters. The van der Waals surface area contributed by atoms with Crippen LogP contribution in [0.5, 0.6) is 17.2 Å². The number of allylic oxidation sites excluding steroid dienone is 2. The summed E-state index contributed by atoms with van der Waals surface area (Å²) in [6.45, 7) is 16.6. The number of carbonyl (C=O) groups is 1. The first kappa shape index (κ1) is 36.4. The second-order valence-corrected chi connectivity index (χ2v) is 14.7. The minimum Gasteiger partial charge on any atom is -0.461 e. The minimum absolute atomic E-state index is 0.0175. The summed E-state index contributed by atoms with van der Waals surface area (Å²) in [5.74, 6) is 2.17. The van der Waals surface area contributed by atoms with Crippen molar-refractivity contribution < 1.29 is 27.9 Å². The largest absolute Gasteiger partial charge is 0.461 e. The number of aryl methyl sites for hydroxylation is 1. The van der Waals surface area contributed by atoms with E-state index in [1.807, 2.05) is 99.8 Å². The number of rotatable bonds is 13. The molecule has 45 heavy (non-hydrogen) atoms. The van der Waals surface area contributed by atoms with E-state index in [2.05, 4.69) is 38.9 Å². The van der Waals surface area contributed by atoms with Crippen LogP contribution in [0.3, 0.4) is 0 Å². The topological polar surface area (TPSA) is 83.1 Å². The monoisotopic (exact) mass is 653 g/mol. The van der Waals surface area contributed by atoms with Gasteiger partial charge in [0.15, 0.2) is 0 Å². The van der Waals surface area contributed by atoms with Crippen LogP contribution in [0.1, 0.15) is 59.6 Å². The maximum Gasteiger partial charge on any atom is 0.458 e. The van der Waals surface area contributed by atoms with Crippen molar-refractivity contribution in [3.63, 3.8) is 0 Å². The maximum absolute atomic E-state index is 12.5. The molecule has 0 aromatic heterocycles. The van der Waals surface area contributed by atoms with Gasteiger partial charge in [-0.25, -0.2) is 9.65 Å². The highest BCUT2D eigenvalue weighted by Gasteiger charge is 2.61. The van der Waals surface area contributed by atoms with Crippen LogP contribution in [0, 0.1) is 24.2 Å². The van der Waals surface area contributed by atoms with E-state index in [4.69, 9.17) is 18.5 Å². The molecule has 1 fully saturated rings. The molecule has 3 unspecified atom stereocenters. The van der Waals surface area contributed by atoms with Crippen molar-refractivity contribution in [2.24, 2.45) is 17.3 Å². The third-order valence-electron chi connectivity index (χ3n) is 7.24. The molecule has 1 saturated carbocycles. The lowest BCUT2D eigenvalue weighted by Crippen LogP contribution is -2.23. The molecule has 4 rings (SSSR count). The van der Waals surface area contributed by atoms with Gasteiger partial charge in [0.2, 0.25) is 0 Å². The molecule has 0 bridgehead atoms. The molecule has 3 aromatic rings. The highest BCUT2D eigenvalue weighted by atomic mass is 32.2. The second kappa shape index (κ2) is 16.5. The first-order chi connectivity index (χ1) is 21.3. The van der Waals surface area contributed by atoms with Crippen molar-refractivity contribution in [3.05, 3.63) is 95.6 Å². The Morgan fingerprint density at radius 2 is 1.69 bits per heavy atom. The number of para-hydroxylation sites is 1. The highest BCUT2D eigenvalue weighted by Crippen LogP contribution is 2.59. The quantitative estimate of drug-likeness (QED) is 0.0845. The van der Waals surface area contributed by atoms with Crippen molar-refractivity contribution in [2.45, 2.75) is 72.9 Å². The van der Waals surface area contributed by atoms with Crippen molar-refractivity contribution in [1.82, 2.24) is 5.09 Å². The number of nitrogens with one attached hydrogen (secondary N) is 1. The molecule has 1 aliphatic carbocycles. The Labute approximate surface area is 273 Å². The summed E-state index contributed by atoms with van der Waals surface area (Å²) >= 11 is 1.67. The van der Waals surface area contributed by atoms with Crippen LogP contribution in [-0.2, 0) is 25.2 Å². The molecule has 0 saturated heterocycles. The van der Waals surface area contributed by atoms with E-state index in [0.29, 0.717) is 12.4 Å². The van der Waals surface area contributed by atoms with Gasteiger partial charge in [0.05, 0.1) is 12.5 Å². The molecule has 0 radical (unpaired) electrons. The van der Waals surface area contributed by atoms with Gasteiger partial charge in [0, 0.05) is 10.9 Å². The van der Waals surface area contributed by atoms with E-state index in [1.54, 1.807) is 18.7 Å². The van der Waals surface area contributed by atoms with E-state index in [-0.39, 0.29) is 35.9 Å². The molecule has 1 aliphatic rings. The third kappa shape index (κ3) is 11.1. The average Bonchev–Trinajstić information content (AvgIpc) is 3.50. The Hall–Kier alpha value is -3.03. The number of carbonyl (C=O) groups excluding carboxylic acids is 1. The van der Waals surface area contributed by atoms with Gasteiger partial charge in [-0.3, -0.25) is 9.32 Å². The zero-order chi connectivity index (χ0) is 33.2. The normalized spacial score (nSPS) is 17.7. The number of hydrogen-bond donors (Lipinski definition) is 1. The molecular weight excluding hydrogens is 605 g/mol. The van der Waals surface area contributed by atoms with Gasteiger partial charge in [-0.05, 0) is 113 Å². The fraction of sp³-hybridized carbons (Fsp3) is 0.417. The summed E-state index contributed by atoms with van der Waals surface area (Å²) in [7, 11) is -3.30. The predicted molar refractivity (Wildman–Crippen MR) is 184 cm³/mol.